The molecule has 0 atom stereocenters. The molecule has 0 unspecified atom stereocenters. The summed E-state index contributed by atoms with van der Waals surface area (Å²) in [7, 11) is 1.95. The second-order valence-electron chi connectivity index (χ2n) is 3.44. The summed E-state index contributed by atoms with van der Waals surface area (Å²) in [6, 6.07) is 0. The van der Waals surface area contributed by atoms with E-state index in [4.69, 9.17) is 0 Å². The van der Waals surface area contributed by atoms with Crippen LogP contribution in [0.15, 0.2) is 23.9 Å². The topological polar surface area (TPSA) is 12.0 Å². The van der Waals surface area contributed by atoms with E-state index in [9.17, 15) is 0 Å². The van der Waals surface area contributed by atoms with Gasteiger partial charge in [-0.1, -0.05) is 26.0 Å². The number of allylic oxidation sites excluding steroid dienone is 3. The Balaban J connectivity index is 2.63. The largest absolute Gasteiger partial charge is 0.388 e. The molecule has 0 fully saturated rings. The lowest BCUT2D eigenvalue weighted by molar-refractivity contribution is 0.480. The van der Waals surface area contributed by atoms with Crippen molar-refractivity contribution in [3.63, 3.8) is 0 Å². The standard InChI is InChI=1S/C9H15N/c1-9(2)6-4-8(10-3)5-7-9/h4-6,10H,7H2,1-3H3. The summed E-state index contributed by atoms with van der Waals surface area (Å²) in [5, 5.41) is 3.12. The van der Waals surface area contributed by atoms with Crippen LogP contribution in [-0.2, 0) is 0 Å². The third-order valence-corrected chi connectivity index (χ3v) is 1.85. The van der Waals surface area contributed by atoms with Gasteiger partial charge in [-0.15, -0.1) is 0 Å². The van der Waals surface area contributed by atoms with Gasteiger partial charge in [-0.2, -0.15) is 0 Å². The molecule has 1 N–H and O–H groups in total. The van der Waals surface area contributed by atoms with E-state index in [0.29, 0.717) is 5.41 Å². The van der Waals surface area contributed by atoms with Crippen LogP contribution < -0.4 is 5.32 Å². The van der Waals surface area contributed by atoms with E-state index in [0.717, 1.165) is 6.42 Å². The maximum Gasteiger partial charge on any atom is 0.0294 e. The van der Waals surface area contributed by atoms with Crippen molar-refractivity contribution in [2.24, 2.45) is 5.41 Å². The van der Waals surface area contributed by atoms with Crippen molar-refractivity contribution in [3.05, 3.63) is 23.9 Å². The Morgan fingerprint density at radius 3 is 2.60 bits per heavy atom. The molecule has 56 valence electrons. The average Bonchev–Trinajstić information content (AvgIpc) is 1.88. The normalized spacial score (nSPS) is 22.1. The molecule has 1 aliphatic rings. The summed E-state index contributed by atoms with van der Waals surface area (Å²) in [5.41, 5.74) is 1.60. The first-order chi connectivity index (χ1) is 4.64. The van der Waals surface area contributed by atoms with Crippen LogP contribution >= 0.6 is 0 Å². The van der Waals surface area contributed by atoms with E-state index in [1.54, 1.807) is 0 Å². The van der Waals surface area contributed by atoms with Crippen molar-refractivity contribution < 1.29 is 0 Å². The summed E-state index contributed by atoms with van der Waals surface area (Å²) in [6.45, 7) is 4.49. The predicted molar refractivity (Wildman–Crippen MR) is 44.7 cm³/mol. The van der Waals surface area contributed by atoms with Gasteiger partial charge in [-0.3, -0.25) is 0 Å². The molecule has 0 saturated carbocycles. The van der Waals surface area contributed by atoms with E-state index >= 15 is 0 Å². The molecule has 0 aliphatic heterocycles. The fraction of sp³-hybridized carbons (Fsp3) is 0.556. The summed E-state index contributed by atoms with van der Waals surface area (Å²) < 4.78 is 0. The molecule has 10 heavy (non-hydrogen) atoms. The van der Waals surface area contributed by atoms with Crippen LogP contribution in [0.1, 0.15) is 20.3 Å². The fourth-order valence-corrected chi connectivity index (χ4v) is 1.01. The molecule has 0 heterocycles. The van der Waals surface area contributed by atoms with Crippen LogP contribution in [-0.4, -0.2) is 7.05 Å². The molecular weight excluding hydrogens is 122 g/mol. The van der Waals surface area contributed by atoms with Crippen LogP contribution in [0.3, 0.4) is 0 Å². The highest BCUT2D eigenvalue weighted by Crippen LogP contribution is 2.26. The Hall–Kier alpha value is -0.720. The lowest BCUT2D eigenvalue weighted by atomic mass is 9.85. The Labute approximate surface area is 62.8 Å². The molecule has 0 radical (unpaired) electrons. The Bertz CT molecular complexity index is 175. The molecule has 1 aliphatic carbocycles. The summed E-state index contributed by atoms with van der Waals surface area (Å²) in [6.07, 6.45) is 7.77. The molecule has 0 spiro atoms. The second-order valence-corrected chi connectivity index (χ2v) is 3.44. The molecule has 1 nitrogen and oxygen atoms in total. The second kappa shape index (κ2) is 2.49. The van der Waals surface area contributed by atoms with Gasteiger partial charge in [0.1, 0.15) is 0 Å². The minimum Gasteiger partial charge on any atom is -0.388 e. The average molecular weight is 137 g/mol. The lowest BCUT2D eigenvalue weighted by Crippen LogP contribution is -2.13. The molecule has 0 saturated heterocycles. The fourth-order valence-electron chi connectivity index (χ4n) is 1.01. The molecule has 0 aromatic heterocycles. The van der Waals surface area contributed by atoms with E-state index in [1.165, 1.54) is 5.70 Å². The van der Waals surface area contributed by atoms with E-state index < -0.39 is 0 Å². The Kier molecular flexibility index (Phi) is 1.84. The van der Waals surface area contributed by atoms with Crippen LogP contribution in [0.2, 0.25) is 0 Å². The van der Waals surface area contributed by atoms with E-state index in [1.807, 2.05) is 7.05 Å². The quantitative estimate of drug-likeness (QED) is 0.583. The highest BCUT2D eigenvalue weighted by Gasteiger charge is 2.14. The highest BCUT2D eigenvalue weighted by molar-refractivity contribution is 5.23. The number of rotatable bonds is 1. The maximum absolute atomic E-state index is 3.12. The van der Waals surface area contributed by atoms with Crippen LogP contribution in [0.4, 0.5) is 0 Å². The molecule has 1 rings (SSSR count). The van der Waals surface area contributed by atoms with Crippen molar-refractivity contribution in [1.29, 1.82) is 0 Å². The summed E-state index contributed by atoms with van der Waals surface area (Å²) >= 11 is 0. The van der Waals surface area contributed by atoms with Gasteiger partial charge in [0, 0.05) is 12.7 Å². The smallest absolute Gasteiger partial charge is 0.0294 e. The number of nitrogens with one attached hydrogen (secondary N) is 1. The van der Waals surface area contributed by atoms with Crippen molar-refractivity contribution >= 4 is 0 Å². The third-order valence-electron chi connectivity index (χ3n) is 1.85. The first kappa shape index (κ1) is 7.39. The maximum atomic E-state index is 3.12. The van der Waals surface area contributed by atoms with Gasteiger partial charge in [0.15, 0.2) is 0 Å². The monoisotopic (exact) mass is 137 g/mol. The number of likely N-dealkylation sites (N-methyl/N-ethyl adjacent to an activating group) is 1. The van der Waals surface area contributed by atoms with Crippen LogP contribution in [0.25, 0.3) is 0 Å². The van der Waals surface area contributed by atoms with Crippen molar-refractivity contribution in [1.82, 2.24) is 5.32 Å². The molecule has 0 aromatic carbocycles. The first-order valence-corrected chi connectivity index (χ1v) is 3.71. The van der Waals surface area contributed by atoms with Crippen molar-refractivity contribution in [2.75, 3.05) is 7.05 Å². The Morgan fingerprint density at radius 2 is 2.20 bits per heavy atom. The van der Waals surface area contributed by atoms with Crippen molar-refractivity contribution in [3.8, 4) is 0 Å². The molecular formula is C9H15N. The molecule has 1 heteroatoms. The zero-order valence-corrected chi connectivity index (χ0v) is 6.94. The van der Waals surface area contributed by atoms with Gasteiger partial charge in [0.2, 0.25) is 0 Å². The van der Waals surface area contributed by atoms with Crippen LogP contribution in [0.5, 0.6) is 0 Å². The summed E-state index contributed by atoms with van der Waals surface area (Å²) in [4.78, 5) is 0. The SMILES string of the molecule is CNC1=CCC(C)(C)C=C1. The third kappa shape index (κ3) is 1.63. The molecule has 0 amide bonds. The van der Waals surface area contributed by atoms with Gasteiger partial charge in [0.05, 0.1) is 0 Å². The number of hydrogen-bond acceptors (Lipinski definition) is 1. The van der Waals surface area contributed by atoms with Gasteiger partial charge in [-0.05, 0) is 17.9 Å². The predicted octanol–water partition coefficient (Wildman–Crippen LogP) is 2.08. The summed E-state index contributed by atoms with van der Waals surface area (Å²) in [5.74, 6) is 0. The highest BCUT2D eigenvalue weighted by atomic mass is 14.8. The minimum absolute atomic E-state index is 0.361. The van der Waals surface area contributed by atoms with Gasteiger partial charge in [-0.25, -0.2) is 0 Å². The van der Waals surface area contributed by atoms with Gasteiger partial charge >= 0.3 is 0 Å². The lowest BCUT2D eigenvalue weighted by Gasteiger charge is -2.22. The van der Waals surface area contributed by atoms with Crippen molar-refractivity contribution in [2.45, 2.75) is 20.3 Å². The molecule has 0 aromatic rings. The zero-order chi connectivity index (χ0) is 7.61. The first-order valence-electron chi connectivity index (χ1n) is 3.71. The van der Waals surface area contributed by atoms with E-state index in [-0.39, 0.29) is 0 Å². The van der Waals surface area contributed by atoms with Gasteiger partial charge in [0.25, 0.3) is 0 Å². The van der Waals surface area contributed by atoms with Crippen LogP contribution in [0, 0.1) is 5.41 Å². The Morgan fingerprint density at radius 1 is 1.50 bits per heavy atom. The van der Waals surface area contributed by atoms with E-state index in [2.05, 4.69) is 37.4 Å². The van der Waals surface area contributed by atoms with Gasteiger partial charge < -0.3 is 5.32 Å². The minimum atomic E-state index is 0.361. The zero-order valence-electron chi connectivity index (χ0n) is 6.94. The molecule has 0 bridgehead atoms. The number of hydrogen-bond donors (Lipinski definition) is 1.